The molecule has 0 atom stereocenters. The molecule has 0 radical (unpaired) electrons. The standard InChI is InChI=1S/C18H15FN2O4S2/c1-27(24,25)21-14-8-12(19)7-13(9-14)20-18(23)17-6-11(10-26-17)15-4-2-3-5-16(15)22/h2-10,21-22H,1H3,(H,20,23). The number of amides is 1. The van der Waals surface area contributed by atoms with Crippen molar-refractivity contribution in [2.75, 3.05) is 16.3 Å². The highest BCUT2D eigenvalue weighted by atomic mass is 32.2. The van der Waals surface area contributed by atoms with Gasteiger partial charge in [-0.1, -0.05) is 18.2 Å². The molecule has 3 N–H and O–H groups in total. The van der Waals surface area contributed by atoms with Crippen LogP contribution in [0.15, 0.2) is 53.9 Å². The fraction of sp³-hybridized carbons (Fsp3) is 0.0556. The maximum Gasteiger partial charge on any atom is 0.265 e. The number of rotatable bonds is 5. The van der Waals surface area contributed by atoms with Crippen molar-refractivity contribution in [1.82, 2.24) is 0 Å². The van der Waals surface area contributed by atoms with Gasteiger partial charge in [0.15, 0.2) is 0 Å². The fourth-order valence-electron chi connectivity index (χ4n) is 2.44. The van der Waals surface area contributed by atoms with Gasteiger partial charge < -0.3 is 10.4 Å². The summed E-state index contributed by atoms with van der Waals surface area (Å²) in [6.45, 7) is 0. The Morgan fingerprint density at radius 3 is 2.52 bits per heavy atom. The first-order valence-electron chi connectivity index (χ1n) is 7.68. The van der Waals surface area contributed by atoms with E-state index in [9.17, 15) is 22.7 Å². The number of phenolic OH excluding ortho intramolecular Hbond substituents is 1. The van der Waals surface area contributed by atoms with Crippen molar-refractivity contribution in [2.45, 2.75) is 0 Å². The minimum Gasteiger partial charge on any atom is -0.507 e. The molecule has 140 valence electrons. The van der Waals surface area contributed by atoms with Gasteiger partial charge in [-0.3, -0.25) is 9.52 Å². The molecular formula is C18H15FN2O4S2. The van der Waals surface area contributed by atoms with Gasteiger partial charge in [0.1, 0.15) is 11.6 Å². The normalized spacial score (nSPS) is 11.2. The number of hydrogen-bond acceptors (Lipinski definition) is 5. The Labute approximate surface area is 159 Å². The summed E-state index contributed by atoms with van der Waals surface area (Å²) in [5, 5.41) is 14.2. The molecule has 27 heavy (non-hydrogen) atoms. The van der Waals surface area contributed by atoms with Gasteiger partial charge in [-0.15, -0.1) is 11.3 Å². The Bertz CT molecular complexity index is 1110. The number of phenols is 1. The maximum atomic E-state index is 13.7. The Kier molecular flexibility index (Phi) is 5.15. The Balaban J connectivity index is 1.81. The molecule has 6 nitrogen and oxygen atoms in total. The van der Waals surface area contributed by atoms with Crippen molar-refractivity contribution in [3.63, 3.8) is 0 Å². The van der Waals surface area contributed by atoms with Gasteiger partial charge >= 0.3 is 0 Å². The second-order valence-electron chi connectivity index (χ2n) is 5.77. The summed E-state index contributed by atoms with van der Waals surface area (Å²) >= 11 is 1.17. The highest BCUT2D eigenvalue weighted by molar-refractivity contribution is 7.92. The lowest BCUT2D eigenvalue weighted by Crippen LogP contribution is -2.12. The molecule has 0 aliphatic carbocycles. The quantitative estimate of drug-likeness (QED) is 0.599. The van der Waals surface area contributed by atoms with Crippen LogP contribution in [0.2, 0.25) is 0 Å². The predicted molar refractivity (Wildman–Crippen MR) is 104 cm³/mol. The van der Waals surface area contributed by atoms with E-state index in [4.69, 9.17) is 0 Å². The molecule has 0 saturated carbocycles. The highest BCUT2D eigenvalue weighted by Crippen LogP contribution is 2.32. The average molecular weight is 406 g/mol. The van der Waals surface area contributed by atoms with E-state index in [1.165, 1.54) is 17.4 Å². The van der Waals surface area contributed by atoms with Crippen LogP contribution in [0.1, 0.15) is 9.67 Å². The van der Waals surface area contributed by atoms with Gasteiger partial charge in [0.25, 0.3) is 5.91 Å². The summed E-state index contributed by atoms with van der Waals surface area (Å²) < 4.78 is 38.5. The summed E-state index contributed by atoms with van der Waals surface area (Å²) in [7, 11) is -3.57. The summed E-state index contributed by atoms with van der Waals surface area (Å²) in [4.78, 5) is 12.8. The molecule has 0 fully saturated rings. The largest absolute Gasteiger partial charge is 0.507 e. The molecule has 0 unspecified atom stereocenters. The number of sulfonamides is 1. The number of benzene rings is 2. The summed E-state index contributed by atoms with van der Waals surface area (Å²) in [6.07, 6.45) is 0.947. The first kappa shape index (κ1) is 18.9. The molecule has 0 aliphatic heterocycles. The zero-order valence-corrected chi connectivity index (χ0v) is 15.7. The van der Waals surface area contributed by atoms with E-state index in [0.29, 0.717) is 16.0 Å². The van der Waals surface area contributed by atoms with Crippen LogP contribution in [0.25, 0.3) is 11.1 Å². The molecule has 1 heterocycles. The zero-order valence-electron chi connectivity index (χ0n) is 14.1. The number of thiophene rings is 1. The van der Waals surface area contributed by atoms with Gasteiger partial charge in [0.05, 0.1) is 16.8 Å². The van der Waals surface area contributed by atoms with Gasteiger partial charge in [-0.2, -0.15) is 0 Å². The van der Waals surface area contributed by atoms with Crippen molar-refractivity contribution in [3.05, 3.63) is 64.6 Å². The fourth-order valence-corrected chi connectivity index (χ4v) is 3.79. The minimum absolute atomic E-state index is 0.00822. The molecule has 0 saturated heterocycles. The minimum atomic E-state index is -3.57. The van der Waals surface area contributed by atoms with Crippen molar-refractivity contribution in [2.24, 2.45) is 0 Å². The molecule has 0 aliphatic rings. The summed E-state index contributed by atoms with van der Waals surface area (Å²) in [5.41, 5.74) is 1.40. The van der Waals surface area contributed by atoms with E-state index in [0.717, 1.165) is 18.4 Å². The van der Waals surface area contributed by atoms with Gasteiger partial charge in [-0.25, -0.2) is 12.8 Å². The van der Waals surface area contributed by atoms with Crippen molar-refractivity contribution < 1.29 is 22.7 Å². The monoisotopic (exact) mass is 406 g/mol. The lowest BCUT2D eigenvalue weighted by atomic mass is 10.1. The number of aromatic hydroxyl groups is 1. The molecule has 0 spiro atoms. The summed E-state index contributed by atoms with van der Waals surface area (Å²) in [5.74, 6) is -1.07. The smallest absolute Gasteiger partial charge is 0.265 e. The third kappa shape index (κ3) is 4.83. The number of hydrogen-bond donors (Lipinski definition) is 3. The number of anilines is 2. The summed E-state index contributed by atoms with van der Waals surface area (Å²) in [6, 6.07) is 11.8. The maximum absolute atomic E-state index is 13.7. The van der Waals surface area contributed by atoms with E-state index in [1.807, 2.05) is 0 Å². The number of carbonyl (C=O) groups excluding carboxylic acids is 1. The number of nitrogens with one attached hydrogen (secondary N) is 2. The van der Waals surface area contributed by atoms with Crippen LogP contribution in [0.5, 0.6) is 5.75 Å². The number of carbonyl (C=O) groups is 1. The molecule has 3 aromatic rings. The Hall–Kier alpha value is -2.91. The zero-order chi connectivity index (χ0) is 19.6. The van der Waals surface area contributed by atoms with Crippen molar-refractivity contribution >= 4 is 38.6 Å². The van der Waals surface area contributed by atoms with Crippen LogP contribution in [0.4, 0.5) is 15.8 Å². The van der Waals surface area contributed by atoms with Gasteiger partial charge in [-0.05, 0) is 41.3 Å². The predicted octanol–water partition coefficient (Wildman–Crippen LogP) is 3.88. The molecule has 1 amide bonds. The van der Waals surface area contributed by atoms with E-state index in [2.05, 4.69) is 10.0 Å². The topological polar surface area (TPSA) is 95.5 Å². The average Bonchev–Trinajstić information content (AvgIpc) is 3.03. The molecular weight excluding hydrogens is 391 g/mol. The van der Waals surface area contributed by atoms with Crippen LogP contribution in [0.3, 0.4) is 0 Å². The third-order valence-corrected chi connectivity index (χ3v) is 5.03. The van der Waals surface area contributed by atoms with Crippen LogP contribution >= 0.6 is 11.3 Å². The number of para-hydroxylation sites is 1. The second-order valence-corrected chi connectivity index (χ2v) is 8.43. The van der Waals surface area contributed by atoms with E-state index >= 15 is 0 Å². The third-order valence-electron chi connectivity index (χ3n) is 3.50. The van der Waals surface area contributed by atoms with E-state index in [-0.39, 0.29) is 17.1 Å². The van der Waals surface area contributed by atoms with E-state index in [1.54, 1.807) is 35.7 Å². The molecule has 3 rings (SSSR count). The van der Waals surface area contributed by atoms with E-state index < -0.39 is 21.7 Å². The van der Waals surface area contributed by atoms with Gasteiger partial charge in [0.2, 0.25) is 10.0 Å². The van der Waals surface area contributed by atoms with Crippen LogP contribution < -0.4 is 10.0 Å². The molecule has 0 bridgehead atoms. The molecule has 2 aromatic carbocycles. The highest BCUT2D eigenvalue weighted by Gasteiger charge is 2.14. The van der Waals surface area contributed by atoms with Crippen molar-refractivity contribution in [3.8, 4) is 16.9 Å². The lowest BCUT2D eigenvalue weighted by molar-refractivity contribution is 0.103. The lowest BCUT2D eigenvalue weighted by Gasteiger charge is -2.08. The molecule has 1 aromatic heterocycles. The first-order chi connectivity index (χ1) is 12.7. The van der Waals surface area contributed by atoms with Gasteiger partial charge in [0, 0.05) is 11.3 Å². The molecule has 9 heteroatoms. The second kappa shape index (κ2) is 7.37. The number of halogens is 1. The van der Waals surface area contributed by atoms with Crippen molar-refractivity contribution in [1.29, 1.82) is 0 Å². The van der Waals surface area contributed by atoms with Crippen LogP contribution in [-0.2, 0) is 10.0 Å². The Morgan fingerprint density at radius 1 is 1.11 bits per heavy atom. The van der Waals surface area contributed by atoms with Crippen LogP contribution in [-0.4, -0.2) is 25.7 Å². The van der Waals surface area contributed by atoms with Crippen LogP contribution in [0, 0.1) is 5.82 Å². The first-order valence-corrected chi connectivity index (χ1v) is 10.4. The Morgan fingerprint density at radius 2 is 1.81 bits per heavy atom. The SMILES string of the molecule is CS(=O)(=O)Nc1cc(F)cc(NC(=O)c2cc(-c3ccccc3O)cs2)c1.